The fourth-order valence-corrected chi connectivity index (χ4v) is 0.860. The van der Waals surface area contributed by atoms with Gasteiger partial charge < -0.3 is 16.8 Å². The molecule has 5 heteroatoms. The second-order valence-corrected chi connectivity index (χ2v) is 2.45. The molecule has 5 nitrogen and oxygen atoms in total. The predicted molar refractivity (Wildman–Crippen MR) is 48.1 cm³/mol. The Balaban J connectivity index is 0.000000202. The molecule has 0 bridgehead atoms. The van der Waals surface area contributed by atoms with E-state index in [0.29, 0.717) is 0 Å². The van der Waals surface area contributed by atoms with E-state index < -0.39 is 0 Å². The number of nitrogens with one attached hydrogen (secondary N) is 1. The third kappa shape index (κ3) is 8.72. The van der Waals surface area contributed by atoms with Crippen molar-refractivity contribution in [3.05, 3.63) is 0 Å². The van der Waals surface area contributed by atoms with Gasteiger partial charge in [0.05, 0.1) is 0 Å². The van der Waals surface area contributed by atoms with Crippen LogP contribution in [0.5, 0.6) is 0 Å². The Kier molecular flexibility index (Phi) is 6.99. The molecule has 0 atom stereocenters. The molecule has 0 saturated carbocycles. The molecule has 0 aliphatic carbocycles. The third-order valence-corrected chi connectivity index (χ3v) is 1.39. The smallest absolute Gasteiger partial charge is 0.209 e. The minimum Gasteiger partial charge on any atom is -0.369 e. The Morgan fingerprint density at radius 2 is 1.83 bits per heavy atom. The van der Waals surface area contributed by atoms with Crippen molar-refractivity contribution in [2.45, 2.75) is 19.3 Å². The SMILES string of the molecule is C1CCNCC1.N#CN=C(N)N. The van der Waals surface area contributed by atoms with E-state index in [0.717, 1.165) is 0 Å². The van der Waals surface area contributed by atoms with Gasteiger partial charge in [-0.15, -0.1) is 4.99 Å². The third-order valence-electron chi connectivity index (χ3n) is 1.39. The van der Waals surface area contributed by atoms with Crippen LogP contribution in [0.4, 0.5) is 0 Å². The molecule has 0 aromatic rings. The predicted octanol–water partition coefficient (Wildman–Crippen LogP) is -0.499. The average molecular weight is 169 g/mol. The molecule has 1 aliphatic rings. The van der Waals surface area contributed by atoms with E-state index in [1.165, 1.54) is 38.5 Å². The van der Waals surface area contributed by atoms with Crippen molar-refractivity contribution in [3.8, 4) is 6.19 Å². The second kappa shape index (κ2) is 7.82. The number of piperidine rings is 1. The van der Waals surface area contributed by atoms with Crippen LogP contribution in [-0.4, -0.2) is 19.0 Å². The fraction of sp³-hybridized carbons (Fsp3) is 0.714. The highest BCUT2D eigenvalue weighted by molar-refractivity contribution is 5.76. The van der Waals surface area contributed by atoms with E-state index in [1.54, 1.807) is 0 Å². The molecule has 5 N–H and O–H groups in total. The highest BCUT2D eigenvalue weighted by Crippen LogP contribution is 1.96. The number of rotatable bonds is 0. The normalized spacial score (nSPS) is 14.9. The minimum atomic E-state index is -0.197. The van der Waals surface area contributed by atoms with Gasteiger partial charge in [-0.2, -0.15) is 5.26 Å². The van der Waals surface area contributed by atoms with Crippen LogP contribution in [0.25, 0.3) is 0 Å². The highest BCUT2D eigenvalue weighted by atomic mass is 15.0. The van der Waals surface area contributed by atoms with Gasteiger partial charge >= 0.3 is 0 Å². The quantitative estimate of drug-likeness (QED) is 0.258. The summed E-state index contributed by atoms with van der Waals surface area (Å²) in [5.74, 6) is -0.197. The molecule has 0 amide bonds. The van der Waals surface area contributed by atoms with E-state index in [2.05, 4.69) is 10.3 Å². The van der Waals surface area contributed by atoms with Crippen molar-refractivity contribution in [2.75, 3.05) is 13.1 Å². The summed E-state index contributed by atoms with van der Waals surface area (Å²) in [7, 11) is 0. The van der Waals surface area contributed by atoms with Crippen molar-refractivity contribution in [2.24, 2.45) is 16.5 Å². The van der Waals surface area contributed by atoms with Crippen molar-refractivity contribution >= 4 is 5.96 Å². The summed E-state index contributed by atoms with van der Waals surface area (Å²) in [5.41, 5.74) is 9.42. The van der Waals surface area contributed by atoms with Gasteiger partial charge in [0.2, 0.25) is 12.2 Å². The molecule has 0 unspecified atom stereocenters. The Labute approximate surface area is 72.4 Å². The van der Waals surface area contributed by atoms with E-state index >= 15 is 0 Å². The summed E-state index contributed by atoms with van der Waals surface area (Å²) >= 11 is 0. The van der Waals surface area contributed by atoms with E-state index in [4.69, 9.17) is 16.7 Å². The van der Waals surface area contributed by atoms with Crippen LogP contribution >= 0.6 is 0 Å². The zero-order valence-corrected chi connectivity index (χ0v) is 7.08. The molecule has 1 heterocycles. The first-order valence-corrected chi connectivity index (χ1v) is 3.96. The van der Waals surface area contributed by atoms with Crippen LogP contribution in [0, 0.1) is 11.5 Å². The maximum Gasteiger partial charge on any atom is 0.209 e. The van der Waals surface area contributed by atoms with Gasteiger partial charge in [0.25, 0.3) is 0 Å². The Hall–Kier alpha value is -1.28. The first kappa shape index (κ1) is 10.7. The summed E-state index contributed by atoms with van der Waals surface area (Å²) in [6, 6.07) is 0. The highest BCUT2D eigenvalue weighted by Gasteiger charge is 1.93. The van der Waals surface area contributed by atoms with Crippen LogP contribution in [-0.2, 0) is 0 Å². The van der Waals surface area contributed by atoms with E-state index in [9.17, 15) is 0 Å². The molecule has 1 rings (SSSR count). The van der Waals surface area contributed by atoms with Crippen molar-refractivity contribution in [1.29, 1.82) is 5.26 Å². The van der Waals surface area contributed by atoms with Crippen molar-refractivity contribution in [3.63, 3.8) is 0 Å². The molecular weight excluding hydrogens is 154 g/mol. The lowest BCUT2D eigenvalue weighted by molar-refractivity contribution is 0.520. The average Bonchev–Trinajstić information content (AvgIpc) is 2.08. The summed E-state index contributed by atoms with van der Waals surface area (Å²) in [4.78, 5) is 2.90. The number of nitriles is 1. The van der Waals surface area contributed by atoms with Gasteiger partial charge in [0.15, 0.2) is 0 Å². The van der Waals surface area contributed by atoms with Gasteiger partial charge in [-0.1, -0.05) is 6.42 Å². The zero-order chi connectivity index (χ0) is 9.23. The Morgan fingerprint density at radius 1 is 1.25 bits per heavy atom. The number of aliphatic imine (C=N–C) groups is 1. The van der Waals surface area contributed by atoms with Crippen LogP contribution in [0.1, 0.15) is 19.3 Å². The fourth-order valence-electron chi connectivity index (χ4n) is 0.860. The number of guanidine groups is 1. The molecule has 68 valence electrons. The molecule has 1 fully saturated rings. The van der Waals surface area contributed by atoms with Crippen molar-refractivity contribution < 1.29 is 0 Å². The molecule has 0 aromatic carbocycles. The Bertz CT molecular complexity index is 150. The molecule has 0 aromatic heterocycles. The zero-order valence-electron chi connectivity index (χ0n) is 7.08. The number of nitrogens with two attached hydrogens (primary N) is 2. The first-order valence-electron chi connectivity index (χ1n) is 3.96. The second-order valence-electron chi connectivity index (χ2n) is 2.45. The van der Waals surface area contributed by atoms with Gasteiger partial charge in [0, 0.05) is 0 Å². The van der Waals surface area contributed by atoms with Crippen LogP contribution in [0.3, 0.4) is 0 Å². The summed E-state index contributed by atoms with van der Waals surface area (Å²) in [5, 5.41) is 10.9. The van der Waals surface area contributed by atoms with Gasteiger partial charge in [-0.25, -0.2) is 0 Å². The van der Waals surface area contributed by atoms with Crippen molar-refractivity contribution in [1.82, 2.24) is 5.32 Å². The lowest BCUT2D eigenvalue weighted by Crippen LogP contribution is -2.21. The first-order chi connectivity index (χ1) is 5.77. The van der Waals surface area contributed by atoms with E-state index in [1.807, 2.05) is 0 Å². The summed E-state index contributed by atoms with van der Waals surface area (Å²) in [6.07, 6.45) is 5.62. The van der Waals surface area contributed by atoms with Gasteiger partial charge in [-0.05, 0) is 25.9 Å². The van der Waals surface area contributed by atoms with Crippen LogP contribution < -0.4 is 16.8 Å². The van der Waals surface area contributed by atoms with Crippen LogP contribution in [0.15, 0.2) is 4.99 Å². The lowest BCUT2D eigenvalue weighted by Gasteiger charge is -2.08. The lowest BCUT2D eigenvalue weighted by atomic mass is 10.2. The van der Waals surface area contributed by atoms with Gasteiger partial charge in [-0.3, -0.25) is 0 Å². The number of nitrogens with zero attached hydrogens (tertiary/aromatic N) is 2. The van der Waals surface area contributed by atoms with E-state index in [-0.39, 0.29) is 5.96 Å². The number of hydrogen-bond acceptors (Lipinski definition) is 3. The summed E-state index contributed by atoms with van der Waals surface area (Å²) < 4.78 is 0. The molecule has 12 heavy (non-hydrogen) atoms. The van der Waals surface area contributed by atoms with Crippen LogP contribution in [0.2, 0.25) is 0 Å². The topological polar surface area (TPSA) is 100 Å². The number of hydrogen-bond donors (Lipinski definition) is 3. The molecule has 0 spiro atoms. The molecule has 0 radical (unpaired) electrons. The largest absolute Gasteiger partial charge is 0.369 e. The minimum absolute atomic E-state index is 0.197. The molecule has 1 saturated heterocycles. The maximum atomic E-state index is 7.64. The monoisotopic (exact) mass is 169 g/mol. The molecule has 1 aliphatic heterocycles. The standard InChI is InChI=1S/C5H11N.C2H4N4/c1-2-4-6-5-3-1;3-1-6-2(4)5/h6H,1-5H2;(H4,4,5,6). The molecular formula is C7H15N5. The maximum absolute atomic E-state index is 7.64. The Morgan fingerprint density at radius 3 is 1.92 bits per heavy atom. The van der Waals surface area contributed by atoms with Gasteiger partial charge in [0.1, 0.15) is 0 Å². The summed E-state index contributed by atoms with van der Waals surface area (Å²) in [6.45, 7) is 2.50.